The maximum atomic E-state index is 5.95. The van der Waals surface area contributed by atoms with Crippen LogP contribution in [-0.4, -0.2) is 28.6 Å². The lowest BCUT2D eigenvalue weighted by Crippen LogP contribution is -2.17. The number of nitrogens with zero attached hydrogens (tertiary/aromatic N) is 4. The average Bonchev–Trinajstić information content (AvgIpc) is 3.11. The predicted molar refractivity (Wildman–Crippen MR) is 93.6 cm³/mol. The zero-order valence-corrected chi connectivity index (χ0v) is 14.0. The Morgan fingerprint density at radius 3 is 2.82 bits per heavy atom. The van der Waals surface area contributed by atoms with Gasteiger partial charge in [0.05, 0.1) is 22.6 Å². The number of nitrogens with two attached hydrogens (primary N) is 1. The van der Waals surface area contributed by atoms with Gasteiger partial charge in [0.2, 0.25) is 0 Å². The third kappa shape index (κ3) is 2.54. The fraction of sp³-hybridized carbons (Fsp3) is 0.375. The highest BCUT2D eigenvalue weighted by molar-refractivity contribution is 7.22. The lowest BCUT2D eigenvalue weighted by molar-refractivity contribution is 0.535. The molecule has 0 amide bonds. The van der Waals surface area contributed by atoms with Gasteiger partial charge in [0, 0.05) is 37.7 Å². The van der Waals surface area contributed by atoms with E-state index in [1.165, 1.54) is 11.3 Å². The number of fused-ring (bicyclic) bond motifs is 1. The van der Waals surface area contributed by atoms with E-state index in [1.807, 2.05) is 18.7 Å². The van der Waals surface area contributed by atoms with E-state index in [0.29, 0.717) is 5.13 Å². The molecule has 116 valence electrons. The number of aromatic nitrogens is 3. The largest absolute Gasteiger partial charge is 0.377 e. The lowest BCUT2D eigenvalue weighted by Gasteiger charge is -2.25. The van der Waals surface area contributed by atoms with Crippen molar-refractivity contribution in [1.29, 1.82) is 0 Å². The molecule has 0 radical (unpaired) electrons. The SMILES string of the molecule is CCCC(c1c(N(C)C)ccc2sc(N)nc12)n1ccnc1. The Morgan fingerprint density at radius 1 is 1.36 bits per heavy atom. The van der Waals surface area contributed by atoms with E-state index in [9.17, 15) is 0 Å². The van der Waals surface area contributed by atoms with Crippen molar-refractivity contribution in [3.05, 3.63) is 36.4 Å². The number of thiazole rings is 1. The van der Waals surface area contributed by atoms with Gasteiger partial charge in [0.15, 0.2) is 5.13 Å². The minimum Gasteiger partial charge on any atom is -0.377 e. The standard InChI is InChI=1S/C16H21N5S/c1-4-5-12(21-9-8-18-10-21)14-11(20(2)3)6-7-13-15(14)19-16(17)22-13/h6-10,12H,4-5H2,1-3H3,(H2,17,19). The third-order valence-electron chi connectivity index (χ3n) is 3.86. The summed E-state index contributed by atoms with van der Waals surface area (Å²) in [5.74, 6) is 0. The van der Waals surface area contributed by atoms with Gasteiger partial charge in [-0.1, -0.05) is 24.7 Å². The molecule has 2 heterocycles. The van der Waals surface area contributed by atoms with Crippen LogP contribution in [0.2, 0.25) is 0 Å². The summed E-state index contributed by atoms with van der Waals surface area (Å²) in [7, 11) is 4.13. The van der Waals surface area contributed by atoms with Crippen LogP contribution in [0.4, 0.5) is 10.8 Å². The Hall–Kier alpha value is -2.08. The molecule has 1 unspecified atom stereocenters. The number of nitrogen functional groups attached to an aromatic ring is 1. The molecule has 1 aromatic carbocycles. The highest BCUT2D eigenvalue weighted by atomic mass is 32.1. The highest BCUT2D eigenvalue weighted by Crippen LogP contribution is 2.39. The summed E-state index contributed by atoms with van der Waals surface area (Å²) >= 11 is 1.54. The number of imidazole rings is 1. The van der Waals surface area contributed by atoms with Gasteiger partial charge in [-0.3, -0.25) is 0 Å². The molecule has 2 N–H and O–H groups in total. The minimum atomic E-state index is 0.218. The second kappa shape index (κ2) is 5.96. The van der Waals surface area contributed by atoms with Gasteiger partial charge in [-0.05, 0) is 18.6 Å². The molecule has 0 fully saturated rings. The van der Waals surface area contributed by atoms with Gasteiger partial charge in [-0.15, -0.1) is 0 Å². The Morgan fingerprint density at radius 2 is 2.18 bits per heavy atom. The first-order valence-electron chi connectivity index (χ1n) is 7.45. The Balaban J connectivity index is 2.27. The maximum absolute atomic E-state index is 5.95. The van der Waals surface area contributed by atoms with E-state index in [1.54, 1.807) is 11.3 Å². The van der Waals surface area contributed by atoms with Gasteiger partial charge in [-0.2, -0.15) is 0 Å². The summed E-state index contributed by atoms with van der Waals surface area (Å²) in [6.07, 6.45) is 7.86. The van der Waals surface area contributed by atoms with Gasteiger partial charge in [-0.25, -0.2) is 9.97 Å². The number of hydrogen-bond acceptors (Lipinski definition) is 5. The van der Waals surface area contributed by atoms with Crippen LogP contribution in [-0.2, 0) is 0 Å². The maximum Gasteiger partial charge on any atom is 0.181 e. The van der Waals surface area contributed by atoms with E-state index < -0.39 is 0 Å². The van der Waals surface area contributed by atoms with Crippen LogP contribution >= 0.6 is 11.3 Å². The van der Waals surface area contributed by atoms with E-state index in [4.69, 9.17) is 5.73 Å². The molecule has 22 heavy (non-hydrogen) atoms. The van der Waals surface area contributed by atoms with E-state index in [2.05, 4.69) is 52.6 Å². The van der Waals surface area contributed by atoms with Crippen molar-refractivity contribution >= 4 is 32.4 Å². The van der Waals surface area contributed by atoms with E-state index in [0.717, 1.165) is 23.1 Å². The molecule has 0 aliphatic heterocycles. The zero-order chi connectivity index (χ0) is 15.7. The molecular formula is C16H21N5S. The van der Waals surface area contributed by atoms with Gasteiger partial charge in [0.1, 0.15) is 0 Å². The summed E-state index contributed by atoms with van der Waals surface area (Å²) in [5, 5.41) is 0.619. The quantitative estimate of drug-likeness (QED) is 0.782. The molecule has 3 rings (SSSR count). The Kier molecular flexibility index (Phi) is 4.02. The molecule has 1 atom stereocenters. The predicted octanol–water partition coefficient (Wildman–Crippen LogP) is 3.53. The monoisotopic (exact) mass is 315 g/mol. The number of rotatable bonds is 5. The molecule has 0 aliphatic rings. The lowest BCUT2D eigenvalue weighted by atomic mass is 9.98. The molecular weight excluding hydrogens is 294 g/mol. The van der Waals surface area contributed by atoms with Crippen LogP contribution in [0.25, 0.3) is 10.2 Å². The van der Waals surface area contributed by atoms with Crippen LogP contribution in [0.5, 0.6) is 0 Å². The summed E-state index contributed by atoms with van der Waals surface area (Å²) < 4.78 is 3.31. The molecule has 3 aromatic rings. The molecule has 6 heteroatoms. The van der Waals surface area contributed by atoms with Crippen LogP contribution in [0.1, 0.15) is 31.4 Å². The van der Waals surface area contributed by atoms with Crippen molar-refractivity contribution in [2.75, 3.05) is 24.7 Å². The molecule has 0 saturated carbocycles. The molecule has 2 aromatic heterocycles. The third-order valence-corrected chi connectivity index (χ3v) is 4.71. The Labute approximate surface area is 134 Å². The fourth-order valence-corrected chi connectivity index (χ4v) is 3.66. The van der Waals surface area contributed by atoms with Crippen molar-refractivity contribution < 1.29 is 0 Å². The second-order valence-electron chi connectivity index (χ2n) is 5.61. The van der Waals surface area contributed by atoms with Crippen LogP contribution in [0.3, 0.4) is 0 Å². The van der Waals surface area contributed by atoms with Gasteiger partial charge in [0.25, 0.3) is 0 Å². The van der Waals surface area contributed by atoms with Crippen molar-refractivity contribution in [3.63, 3.8) is 0 Å². The number of benzene rings is 1. The normalized spacial score (nSPS) is 12.7. The van der Waals surface area contributed by atoms with Crippen molar-refractivity contribution in [2.45, 2.75) is 25.8 Å². The number of hydrogen-bond donors (Lipinski definition) is 1. The summed E-state index contributed by atoms with van der Waals surface area (Å²) in [5.41, 5.74) is 9.38. The average molecular weight is 315 g/mol. The molecule has 0 saturated heterocycles. The summed E-state index contributed by atoms with van der Waals surface area (Å²) in [6.45, 7) is 2.20. The summed E-state index contributed by atoms with van der Waals surface area (Å²) in [4.78, 5) is 11.0. The van der Waals surface area contributed by atoms with Gasteiger partial charge >= 0.3 is 0 Å². The van der Waals surface area contributed by atoms with Crippen molar-refractivity contribution in [1.82, 2.24) is 14.5 Å². The van der Waals surface area contributed by atoms with Crippen LogP contribution < -0.4 is 10.6 Å². The zero-order valence-electron chi connectivity index (χ0n) is 13.2. The van der Waals surface area contributed by atoms with Crippen molar-refractivity contribution in [2.24, 2.45) is 0 Å². The summed E-state index contributed by atoms with van der Waals surface area (Å²) in [6, 6.07) is 4.49. The molecule has 0 bridgehead atoms. The van der Waals surface area contributed by atoms with E-state index >= 15 is 0 Å². The van der Waals surface area contributed by atoms with E-state index in [-0.39, 0.29) is 6.04 Å². The van der Waals surface area contributed by atoms with Crippen LogP contribution in [0, 0.1) is 0 Å². The topological polar surface area (TPSA) is 60.0 Å². The second-order valence-corrected chi connectivity index (χ2v) is 6.67. The highest BCUT2D eigenvalue weighted by Gasteiger charge is 2.22. The van der Waals surface area contributed by atoms with Crippen LogP contribution in [0.15, 0.2) is 30.9 Å². The number of anilines is 2. The smallest absolute Gasteiger partial charge is 0.181 e. The molecule has 5 nitrogen and oxygen atoms in total. The first-order valence-corrected chi connectivity index (χ1v) is 8.27. The minimum absolute atomic E-state index is 0.218. The first-order chi connectivity index (χ1) is 10.6. The first kappa shape index (κ1) is 14.8. The van der Waals surface area contributed by atoms with Gasteiger partial charge < -0.3 is 15.2 Å². The molecule has 0 spiro atoms. The molecule has 0 aliphatic carbocycles. The van der Waals surface area contributed by atoms with Crippen molar-refractivity contribution in [3.8, 4) is 0 Å². The Bertz CT molecular complexity index is 760. The fourth-order valence-electron chi connectivity index (χ4n) is 2.91.